The van der Waals surface area contributed by atoms with Gasteiger partial charge in [0.05, 0.1) is 33.5 Å². The SMILES string of the molecule is Cc1nc2c(s1)[C@@H](N(C)C(=O)Nc1ccncc1F)CCC2. The molecule has 0 saturated carbocycles. The number of hydrogen-bond acceptors (Lipinski definition) is 4. The van der Waals surface area contributed by atoms with Gasteiger partial charge in [-0.1, -0.05) is 0 Å². The number of rotatable bonds is 2. The molecule has 3 rings (SSSR count). The zero-order valence-corrected chi connectivity index (χ0v) is 13.3. The predicted octanol–water partition coefficient (Wildman–Crippen LogP) is 3.53. The van der Waals surface area contributed by atoms with Gasteiger partial charge in [0, 0.05) is 13.2 Å². The first-order valence-corrected chi connectivity index (χ1v) is 7.97. The standard InChI is InChI=1S/C15H17FN4OS/c1-9-18-12-4-3-5-13(14(12)22-9)20(2)15(21)19-11-6-7-17-8-10(11)16/h6-8,13H,3-5H2,1-2H3,(H,17,19,21)/t13-/m0/s1. The molecule has 0 saturated heterocycles. The van der Waals surface area contributed by atoms with E-state index in [2.05, 4.69) is 15.3 Å². The van der Waals surface area contributed by atoms with Crippen LogP contribution >= 0.6 is 11.3 Å². The second kappa shape index (κ2) is 6.00. The summed E-state index contributed by atoms with van der Waals surface area (Å²) in [5, 5.41) is 3.62. The lowest BCUT2D eigenvalue weighted by Crippen LogP contribution is -2.36. The third kappa shape index (κ3) is 2.81. The molecule has 0 fully saturated rings. The normalized spacial score (nSPS) is 17.0. The van der Waals surface area contributed by atoms with Crippen LogP contribution in [0.1, 0.15) is 34.5 Å². The lowest BCUT2D eigenvalue weighted by Gasteiger charge is -2.30. The molecule has 1 aliphatic rings. The third-order valence-electron chi connectivity index (χ3n) is 3.83. The zero-order valence-electron chi connectivity index (χ0n) is 12.5. The number of anilines is 1. The molecule has 0 bridgehead atoms. The Kier molecular flexibility index (Phi) is 4.06. The molecule has 22 heavy (non-hydrogen) atoms. The minimum Gasteiger partial charge on any atom is -0.320 e. The van der Waals surface area contributed by atoms with Crippen molar-refractivity contribution in [2.75, 3.05) is 12.4 Å². The second-order valence-electron chi connectivity index (χ2n) is 5.35. The number of pyridine rings is 1. The van der Waals surface area contributed by atoms with Crippen molar-refractivity contribution >= 4 is 23.1 Å². The van der Waals surface area contributed by atoms with Crippen molar-refractivity contribution in [2.24, 2.45) is 0 Å². The van der Waals surface area contributed by atoms with Gasteiger partial charge < -0.3 is 10.2 Å². The van der Waals surface area contributed by atoms with Crippen LogP contribution in [0, 0.1) is 12.7 Å². The van der Waals surface area contributed by atoms with E-state index in [0.717, 1.165) is 41.0 Å². The molecule has 0 radical (unpaired) electrons. The summed E-state index contributed by atoms with van der Waals surface area (Å²) in [4.78, 5) is 23.4. The van der Waals surface area contributed by atoms with Crippen molar-refractivity contribution in [3.63, 3.8) is 0 Å². The van der Waals surface area contributed by atoms with Crippen molar-refractivity contribution in [1.29, 1.82) is 0 Å². The van der Waals surface area contributed by atoms with Gasteiger partial charge in [0.15, 0.2) is 5.82 Å². The fourth-order valence-electron chi connectivity index (χ4n) is 2.71. The summed E-state index contributed by atoms with van der Waals surface area (Å²) in [7, 11) is 1.74. The number of carbonyl (C=O) groups excluding carboxylic acids is 1. The number of thiazole rings is 1. The van der Waals surface area contributed by atoms with Crippen molar-refractivity contribution in [3.8, 4) is 0 Å². The second-order valence-corrected chi connectivity index (χ2v) is 6.58. The molecular weight excluding hydrogens is 303 g/mol. The van der Waals surface area contributed by atoms with Gasteiger partial charge >= 0.3 is 6.03 Å². The monoisotopic (exact) mass is 320 g/mol. The summed E-state index contributed by atoms with van der Waals surface area (Å²) in [5.41, 5.74) is 1.23. The molecule has 0 unspecified atom stereocenters. The Labute approximate surface area is 132 Å². The van der Waals surface area contributed by atoms with Crippen LogP contribution in [-0.4, -0.2) is 27.9 Å². The fraction of sp³-hybridized carbons (Fsp3) is 0.400. The molecule has 5 nitrogen and oxygen atoms in total. The van der Waals surface area contributed by atoms with Crippen molar-refractivity contribution in [2.45, 2.75) is 32.2 Å². The third-order valence-corrected chi connectivity index (χ3v) is 4.94. The average Bonchev–Trinajstić information content (AvgIpc) is 2.88. The van der Waals surface area contributed by atoms with Crippen LogP contribution in [0.3, 0.4) is 0 Å². The number of hydrogen-bond donors (Lipinski definition) is 1. The molecule has 0 aliphatic heterocycles. The number of aryl methyl sites for hydroxylation is 2. The molecule has 1 N–H and O–H groups in total. The Morgan fingerprint density at radius 1 is 1.55 bits per heavy atom. The topological polar surface area (TPSA) is 58.1 Å². The van der Waals surface area contributed by atoms with Crippen LogP contribution in [0.2, 0.25) is 0 Å². The molecular formula is C15H17FN4OS. The van der Waals surface area contributed by atoms with E-state index in [1.165, 1.54) is 12.3 Å². The fourth-order valence-corrected chi connectivity index (χ4v) is 3.86. The number of amides is 2. The molecule has 2 aromatic rings. The largest absolute Gasteiger partial charge is 0.322 e. The van der Waals surface area contributed by atoms with Gasteiger partial charge in [-0.15, -0.1) is 11.3 Å². The van der Waals surface area contributed by atoms with Crippen LogP contribution in [0.15, 0.2) is 18.5 Å². The Morgan fingerprint density at radius 2 is 2.36 bits per heavy atom. The molecule has 2 aromatic heterocycles. The maximum atomic E-state index is 13.6. The number of nitrogens with zero attached hydrogens (tertiary/aromatic N) is 3. The Hall–Kier alpha value is -2.02. The van der Waals surface area contributed by atoms with Crippen molar-refractivity contribution < 1.29 is 9.18 Å². The molecule has 1 atom stereocenters. The maximum Gasteiger partial charge on any atom is 0.322 e. The number of aromatic nitrogens is 2. The molecule has 0 aromatic carbocycles. The van der Waals surface area contributed by atoms with Gasteiger partial charge in [0.25, 0.3) is 0 Å². The van der Waals surface area contributed by atoms with Crippen LogP contribution in [0.25, 0.3) is 0 Å². The smallest absolute Gasteiger partial charge is 0.320 e. The number of halogens is 1. The van der Waals surface area contributed by atoms with E-state index in [-0.39, 0.29) is 17.8 Å². The van der Waals surface area contributed by atoms with Crippen molar-refractivity contribution in [1.82, 2.24) is 14.9 Å². The average molecular weight is 320 g/mol. The molecule has 2 amide bonds. The van der Waals surface area contributed by atoms with Crippen LogP contribution in [0.4, 0.5) is 14.9 Å². The minimum absolute atomic E-state index is 0.000140. The summed E-state index contributed by atoms with van der Waals surface area (Å²) < 4.78 is 13.6. The van der Waals surface area contributed by atoms with Crippen molar-refractivity contribution in [3.05, 3.63) is 39.9 Å². The summed E-state index contributed by atoms with van der Waals surface area (Å²) in [6, 6.07) is 1.12. The molecule has 0 spiro atoms. The number of carbonyl (C=O) groups is 1. The van der Waals surface area contributed by atoms with E-state index in [0.29, 0.717) is 0 Å². The summed E-state index contributed by atoms with van der Waals surface area (Å²) in [5.74, 6) is -0.540. The van der Waals surface area contributed by atoms with Gasteiger partial charge in [-0.2, -0.15) is 0 Å². The number of nitrogens with one attached hydrogen (secondary N) is 1. The number of urea groups is 1. The zero-order chi connectivity index (χ0) is 15.7. The van der Waals surface area contributed by atoms with E-state index >= 15 is 0 Å². The highest BCUT2D eigenvalue weighted by Crippen LogP contribution is 2.37. The van der Waals surface area contributed by atoms with E-state index < -0.39 is 5.82 Å². The highest BCUT2D eigenvalue weighted by atomic mass is 32.1. The first-order chi connectivity index (χ1) is 10.6. The molecule has 7 heteroatoms. The molecule has 2 heterocycles. The van der Waals surface area contributed by atoms with Gasteiger partial charge in [-0.25, -0.2) is 14.2 Å². The molecule has 116 valence electrons. The van der Waals surface area contributed by atoms with E-state index in [1.54, 1.807) is 23.3 Å². The van der Waals surface area contributed by atoms with E-state index in [9.17, 15) is 9.18 Å². The van der Waals surface area contributed by atoms with Gasteiger partial charge in [0.2, 0.25) is 0 Å². The van der Waals surface area contributed by atoms with E-state index in [1.807, 2.05) is 6.92 Å². The van der Waals surface area contributed by atoms with E-state index in [4.69, 9.17) is 0 Å². The summed E-state index contributed by atoms with van der Waals surface area (Å²) in [6.45, 7) is 1.98. The lowest BCUT2D eigenvalue weighted by molar-refractivity contribution is 0.198. The van der Waals surface area contributed by atoms with Gasteiger partial charge in [-0.05, 0) is 32.3 Å². The lowest BCUT2D eigenvalue weighted by atomic mass is 9.97. The summed E-state index contributed by atoms with van der Waals surface area (Å²) in [6.07, 6.45) is 5.40. The Balaban J connectivity index is 1.78. The highest BCUT2D eigenvalue weighted by molar-refractivity contribution is 7.11. The Morgan fingerprint density at radius 3 is 3.14 bits per heavy atom. The number of fused-ring (bicyclic) bond motifs is 1. The van der Waals surface area contributed by atoms with Crippen LogP contribution < -0.4 is 5.32 Å². The summed E-state index contributed by atoms with van der Waals surface area (Å²) >= 11 is 1.64. The van der Waals surface area contributed by atoms with Gasteiger partial charge in [0.1, 0.15) is 0 Å². The quantitative estimate of drug-likeness (QED) is 0.921. The first kappa shape index (κ1) is 14.9. The van der Waals surface area contributed by atoms with Crippen LogP contribution in [0.5, 0.6) is 0 Å². The van der Waals surface area contributed by atoms with Crippen LogP contribution in [-0.2, 0) is 6.42 Å². The first-order valence-electron chi connectivity index (χ1n) is 7.16. The predicted molar refractivity (Wildman–Crippen MR) is 83.5 cm³/mol. The van der Waals surface area contributed by atoms with Gasteiger partial charge in [-0.3, -0.25) is 4.98 Å². The maximum absolute atomic E-state index is 13.6. The Bertz CT molecular complexity index is 703. The minimum atomic E-state index is -0.540. The molecule has 1 aliphatic carbocycles. The highest BCUT2D eigenvalue weighted by Gasteiger charge is 2.29.